The molecule has 0 aliphatic heterocycles. The molecule has 0 aliphatic carbocycles. The van der Waals surface area contributed by atoms with Gasteiger partial charge in [0.05, 0.1) is 16.8 Å². The Bertz CT molecular complexity index is 1270. The molecule has 2 aromatic heterocycles. The van der Waals surface area contributed by atoms with Crippen LogP contribution >= 0.6 is 11.6 Å². The van der Waals surface area contributed by atoms with Crippen molar-refractivity contribution < 1.29 is 13.2 Å². The second-order valence-corrected chi connectivity index (χ2v) is 8.76. The highest BCUT2D eigenvalue weighted by molar-refractivity contribution is 7.90. The molecule has 8 heteroatoms. The minimum atomic E-state index is -3.31. The molecule has 6 nitrogen and oxygen atoms in total. The number of nitrogens with zero attached hydrogens (tertiary/aromatic N) is 3. The van der Waals surface area contributed by atoms with Gasteiger partial charge in [0.15, 0.2) is 15.5 Å². The molecule has 0 saturated carbocycles. The number of halogens is 1. The lowest BCUT2D eigenvalue weighted by Crippen LogP contribution is -2.02. The summed E-state index contributed by atoms with van der Waals surface area (Å²) < 4.78 is 31.1. The monoisotopic (exact) mass is 413 g/mol. The average molecular weight is 414 g/mol. The Hall–Kier alpha value is -2.90. The first-order valence-corrected chi connectivity index (χ1v) is 10.7. The fraction of sp³-hybridized carbons (Fsp3) is 0.100. The van der Waals surface area contributed by atoms with Gasteiger partial charge in [0.1, 0.15) is 6.61 Å². The zero-order chi connectivity index (χ0) is 19.7. The lowest BCUT2D eigenvalue weighted by atomic mass is 10.2. The molecule has 0 saturated heterocycles. The Labute approximate surface area is 167 Å². The number of ether oxygens (including phenoxy) is 1. The smallest absolute Gasteiger partial charge is 0.232 e. The van der Waals surface area contributed by atoms with E-state index in [2.05, 4.69) is 10.1 Å². The molecule has 4 aromatic rings. The van der Waals surface area contributed by atoms with E-state index in [1.165, 1.54) is 6.26 Å². The van der Waals surface area contributed by atoms with Gasteiger partial charge in [0.25, 0.3) is 0 Å². The fourth-order valence-electron chi connectivity index (χ4n) is 2.80. The standard InChI is InChI=1S/C20H16ClN3O3S/c1-28(25,26)17-7-3-5-15(11-17)18-12-22-19-8-9-20(23-24(18)19)27-13-14-4-2-6-16(21)10-14/h2-12H,13H2,1H3. The van der Waals surface area contributed by atoms with Gasteiger partial charge >= 0.3 is 0 Å². The lowest BCUT2D eigenvalue weighted by molar-refractivity contribution is 0.289. The molecule has 0 atom stereocenters. The Balaban J connectivity index is 1.67. The second kappa shape index (κ2) is 7.26. The van der Waals surface area contributed by atoms with Crippen molar-refractivity contribution in [3.8, 4) is 17.1 Å². The maximum atomic E-state index is 11.8. The number of fused-ring (bicyclic) bond motifs is 1. The van der Waals surface area contributed by atoms with Crippen LogP contribution in [0.5, 0.6) is 5.88 Å². The summed E-state index contributed by atoms with van der Waals surface area (Å²) in [4.78, 5) is 4.58. The number of aromatic nitrogens is 3. The molecule has 0 bridgehead atoms. The molecule has 0 fully saturated rings. The quantitative estimate of drug-likeness (QED) is 0.493. The molecule has 28 heavy (non-hydrogen) atoms. The van der Waals surface area contributed by atoms with E-state index in [0.29, 0.717) is 34.4 Å². The number of hydrogen-bond donors (Lipinski definition) is 0. The van der Waals surface area contributed by atoms with E-state index < -0.39 is 9.84 Å². The van der Waals surface area contributed by atoms with Gasteiger partial charge in [-0.05, 0) is 35.9 Å². The van der Waals surface area contributed by atoms with Crippen LogP contribution in [-0.4, -0.2) is 29.3 Å². The normalized spacial score (nSPS) is 11.6. The van der Waals surface area contributed by atoms with E-state index >= 15 is 0 Å². The summed E-state index contributed by atoms with van der Waals surface area (Å²) in [5.41, 5.74) is 2.94. The molecule has 0 unspecified atom stereocenters. The molecule has 0 aliphatic rings. The van der Waals surface area contributed by atoms with Crippen molar-refractivity contribution in [2.45, 2.75) is 11.5 Å². The number of rotatable bonds is 5. The molecule has 142 valence electrons. The summed E-state index contributed by atoms with van der Waals surface area (Å²) in [6.07, 6.45) is 2.84. The summed E-state index contributed by atoms with van der Waals surface area (Å²) in [7, 11) is -3.31. The zero-order valence-corrected chi connectivity index (χ0v) is 16.5. The fourth-order valence-corrected chi connectivity index (χ4v) is 3.68. The van der Waals surface area contributed by atoms with Gasteiger partial charge in [-0.3, -0.25) is 0 Å². The SMILES string of the molecule is CS(=O)(=O)c1cccc(-c2cnc3ccc(OCc4cccc(Cl)c4)nn23)c1. The summed E-state index contributed by atoms with van der Waals surface area (Å²) in [5, 5.41) is 5.14. The highest BCUT2D eigenvalue weighted by Gasteiger charge is 2.12. The Morgan fingerprint density at radius 3 is 2.68 bits per heavy atom. The first-order valence-electron chi connectivity index (χ1n) is 8.43. The number of hydrogen-bond acceptors (Lipinski definition) is 5. The number of benzene rings is 2. The van der Waals surface area contributed by atoms with Crippen molar-refractivity contribution in [1.82, 2.24) is 14.6 Å². The largest absolute Gasteiger partial charge is 0.472 e. The predicted molar refractivity (Wildman–Crippen MR) is 107 cm³/mol. The molecule has 0 spiro atoms. The van der Waals surface area contributed by atoms with E-state index in [9.17, 15) is 8.42 Å². The minimum Gasteiger partial charge on any atom is -0.472 e. The van der Waals surface area contributed by atoms with Crippen LogP contribution in [0.25, 0.3) is 16.9 Å². The van der Waals surface area contributed by atoms with Crippen LogP contribution in [-0.2, 0) is 16.4 Å². The second-order valence-electron chi connectivity index (χ2n) is 6.30. The van der Waals surface area contributed by atoms with Crippen molar-refractivity contribution in [3.63, 3.8) is 0 Å². The van der Waals surface area contributed by atoms with Crippen molar-refractivity contribution >= 4 is 27.1 Å². The van der Waals surface area contributed by atoms with Crippen LogP contribution in [0.1, 0.15) is 5.56 Å². The summed E-state index contributed by atoms with van der Waals surface area (Å²) in [6, 6.07) is 17.6. The average Bonchev–Trinajstić information content (AvgIpc) is 3.09. The summed E-state index contributed by atoms with van der Waals surface area (Å²) >= 11 is 6.00. The molecule has 0 amide bonds. The van der Waals surface area contributed by atoms with Crippen molar-refractivity contribution in [3.05, 3.63) is 77.4 Å². The Morgan fingerprint density at radius 2 is 1.89 bits per heavy atom. The maximum Gasteiger partial charge on any atom is 0.232 e. The van der Waals surface area contributed by atoms with E-state index in [4.69, 9.17) is 16.3 Å². The topological polar surface area (TPSA) is 73.6 Å². The third-order valence-corrected chi connectivity index (χ3v) is 5.52. The van der Waals surface area contributed by atoms with Gasteiger partial charge in [-0.1, -0.05) is 35.9 Å². The van der Waals surface area contributed by atoms with Crippen LogP contribution in [0.4, 0.5) is 0 Å². The van der Waals surface area contributed by atoms with Crippen molar-refractivity contribution in [2.75, 3.05) is 6.26 Å². The third-order valence-electron chi connectivity index (χ3n) is 4.17. The lowest BCUT2D eigenvalue weighted by Gasteiger charge is -2.08. The summed E-state index contributed by atoms with van der Waals surface area (Å²) in [5.74, 6) is 0.422. The van der Waals surface area contributed by atoms with Crippen LogP contribution < -0.4 is 4.74 Å². The third kappa shape index (κ3) is 3.85. The summed E-state index contributed by atoms with van der Waals surface area (Å²) in [6.45, 7) is 0.326. The molecule has 0 N–H and O–H groups in total. The first kappa shape index (κ1) is 18.5. The van der Waals surface area contributed by atoms with E-state index in [1.807, 2.05) is 24.3 Å². The number of imidazole rings is 1. The van der Waals surface area contributed by atoms with Crippen molar-refractivity contribution in [2.24, 2.45) is 0 Å². The highest BCUT2D eigenvalue weighted by Crippen LogP contribution is 2.24. The van der Waals surface area contributed by atoms with Crippen LogP contribution in [0, 0.1) is 0 Å². The molecule has 2 aromatic carbocycles. The Kier molecular flexibility index (Phi) is 4.78. The minimum absolute atomic E-state index is 0.244. The van der Waals surface area contributed by atoms with Gasteiger partial charge < -0.3 is 4.74 Å². The van der Waals surface area contributed by atoms with Gasteiger partial charge in [-0.2, -0.15) is 0 Å². The highest BCUT2D eigenvalue weighted by atomic mass is 35.5. The van der Waals surface area contributed by atoms with E-state index in [-0.39, 0.29) is 4.90 Å². The van der Waals surface area contributed by atoms with Crippen molar-refractivity contribution in [1.29, 1.82) is 0 Å². The molecule has 4 rings (SSSR count). The van der Waals surface area contributed by atoms with Crippen LogP contribution in [0.3, 0.4) is 0 Å². The predicted octanol–water partition coefficient (Wildman–Crippen LogP) is 4.03. The molecule has 0 radical (unpaired) electrons. The van der Waals surface area contributed by atoms with Gasteiger partial charge in [0, 0.05) is 22.9 Å². The van der Waals surface area contributed by atoms with Gasteiger partial charge in [0.2, 0.25) is 5.88 Å². The van der Waals surface area contributed by atoms with E-state index in [0.717, 1.165) is 5.56 Å². The maximum absolute atomic E-state index is 11.8. The molecular formula is C20H16ClN3O3S. The van der Waals surface area contributed by atoms with Crippen LogP contribution in [0.15, 0.2) is 71.8 Å². The number of sulfone groups is 1. The Morgan fingerprint density at radius 1 is 1.07 bits per heavy atom. The molecular weight excluding hydrogens is 398 g/mol. The van der Waals surface area contributed by atoms with Gasteiger partial charge in [-0.25, -0.2) is 17.9 Å². The zero-order valence-electron chi connectivity index (χ0n) is 14.9. The van der Waals surface area contributed by atoms with Crippen LogP contribution in [0.2, 0.25) is 5.02 Å². The first-order chi connectivity index (χ1) is 13.4. The van der Waals surface area contributed by atoms with Gasteiger partial charge in [-0.15, -0.1) is 5.10 Å². The van der Waals surface area contributed by atoms with E-state index in [1.54, 1.807) is 47.1 Å². The molecule has 2 heterocycles.